The first-order chi connectivity index (χ1) is 9.34. The minimum atomic E-state index is 1.07. The quantitative estimate of drug-likeness (QED) is 0.373. The van der Waals surface area contributed by atoms with Crippen molar-refractivity contribution in [2.75, 3.05) is 0 Å². The van der Waals surface area contributed by atoms with Crippen molar-refractivity contribution in [1.29, 1.82) is 0 Å². The summed E-state index contributed by atoms with van der Waals surface area (Å²) in [7, 11) is 0. The van der Waals surface area contributed by atoms with Crippen LogP contribution >= 0.6 is 11.3 Å². The van der Waals surface area contributed by atoms with Gasteiger partial charge in [-0.1, -0.05) is 18.2 Å². The second-order valence-electron chi connectivity index (χ2n) is 5.04. The van der Waals surface area contributed by atoms with Crippen molar-refractivity contribution < 1.29 is 0 Å². The lowest BCUT2D eigenvalue weighted by molar-refractivity contribution is 1.20. The van der Waals surface area contributed by atoms with E-state index in [-0.39, 0.29) is 0 Å². The molecule has 0 radical (unpaired) electrons. The molecule has 4 aromatic heterocycles. The van der Waals surface area contributed by atoms with Crippen LogP contribution in [-0.4, -0.2) is 9.38 Å². The number of aryl methyl sites for hydroxylation is 1. The van der Waals surface area contributed by atoms with E-state index in [2.05, 4.69) is 52.2 Å². The Balaban J connectivity index is 2.33. The van der Waals surface area contributed by atoms with Gasteiger partial charge in [-0.3, -0.25) is 4.40 Å². The second kappa shape index (κ2) is 3.06. The van der Waals surface area contributed by atoms with Gasteiger partial charge in [0, 0.05) is 44.0 Å². The first-order valence-electron chi connectivity index (χ1n) is 6.32. The molecule has 0 amide bonds. The van der Waals surface area contributed by atoms with Crippen LogP contribution in [0.4, 0.5) is 0 Å². The Kier molecular flexibility index (Phi) is 1.57. The molecule has 0 bridgehead atoms. The van der Waals surface area contributed by atoms with E-state index >= 15 is 0 Å². The molecule has 0 aliphatic rings. The number of fused-ring (bicyclic) bond motifs is 2. The van der Waals surface area contributed by atoms with Crippen molar-refractivity contribution in [3.63, 3.8) is 0 Å². The van der Waals surface area contributed by atoms with E-state index in [1.165, 1.54) is 37.3 Å². The molecule has 0 aliphatic carbocycles. The van der Waals surface area contributed by atoms with Crippen LogP contribution in [0.3, 0.4) is 0 Å². The molecule has 90 valence electrons. The number of hydrogen-bond acceptors (Lipinski definition) is 2. The molecule has 0 N–H and O–H groups in total. The molecular weight excluding hydrogens is 252 g/mol. The van der Waals surface area contributed by atoms with Gasteiger partial charge in [-0.2, -0.15) is 0 Å². The topological polar surface area (TPSA) is 17.3 Å². The van der Waals surface area contributed by atoms with Crippen LogP contribution in [0.5, 0.6) is 0 Å². The number of para-hydroxylation sites is 1. The molecule has 0 aliphatic heterocycles. The fraction of sp³-hybridized carbons (Fsp3) is 0.0625. The normalized spacial score (nSPS) is 12.5. The van der Waals surface area contributed by atoms with Gasteiger partial charge in [0.05, 0.1) is 5.52 Å². The summed E-state index contributed by atoms with van der Waals surface area (Å²) in [5.41, 5.74) is 3.68. The number of aromatic nitrogens is 2. The van der Waals surface area contributed by atoms with Gasteiger partial charge < -0.3 is 0 Å². The number of pyridine rings is 2. The highest BCUT2D eigenvalue weighted by molar-refractivity contribution is 7.18. The lowest BCUT2D eigenvalue weighted by Crippen LogP contribution is -1.90. The first-order valence-corrected chi connectivity index (χ1v) is 7.20. The fourth-order valence-corrected chi connectivity index (χ4v) is 4.13. The standard InChI is InChI=1S/C16H10N2S/c1-9-7-18-15-10(9)3-2-4-11(15)12-8-19-13-5-6-17-16(18)14(12)13/h2-8H,1H3. The molecule has 0 fully saturated rings. The maximum Gasteiger partial charge on any atom is 0.146 e. The predicted molar refractivity (Wildman–Crippen MR) is 81.5 cm³/mol. The SMILES string of the molecule is Cc1cn2c3nccc4scc(c5cccc1c52)c43. The fourth-order valence-electron chi connectivity index (χ4n) is 3.18. The molecule has 4 heterocycles. The van der Waals surface area contributed by atoms with E-state index in [0.29, 0.717) is 0 Å². The highest BCUT2D eigenvalue weighted by Crippen LogP contribution is 2.38. The van der Waals surface area contributed by atoms with Crippen LogP contribution in [0.1, 0.15) is 5.56 Å². The number of hydrogen-bond donors (Lipinski definition) is 0. The Labute approximate surface area is 113 Å². The molecule has 0 saturated heterocycles. The third kappa shape index (κ3) is 1.01. The molecule has 2 nitrogen and oxygen atoms in total. The Bertz CT molecular complexity index is 1070. The zero-order chi connectivity index (χ0) is 12.6. The molecule has 0 saturated carbocycles. The van der Waals surface area contributed by atoms with Crippen molar-refractivity contribution in [3.8, 4) is 0 Å². The molecule has 3 heteroatoms. The minimum Gasteiger partial charge on any atom is -0.300 e. The summed E-state index contributed by atoms with van der Waals surface area (Å²) in [4.78, 5) is 4.62. The van der Waals surface area contributed by atoms with E-state index in [1.54, 1.807) is 11.3 Å². The molecule has 0 unspecified atom stereocenters. The number of benzene rings is 1. The van der Waals surface area contributed by atoms with Gasteiger partial charge >= 0.3 is 0 Å². The van der Waals surface area contributed by atoms with Crippen molar-refractivity contribution in [2.24, 2.45) is 0 Å². The van der Waals surface area contributed by atoms with Crippen molar-refractivity contribution in [1.82, 2.24) is 9.38 Å². The molecule has 1 aromatic carbocycles. The minimum absolute atomic E-state index is 1.07. The van der Waals surface area contributed by atoms with Crippen LogP contribution in [0.2, 0.25) is 0 Å². The van der Waals surface area contributed by atoms with Crippen molar-refractivity contribution in [3.05, 3.63) is 47.6 Å². The van der Waals surface area contributed by atoms with Gasteiger partial charge in [0.25, 0.3) is 0 Å². The van der Waals surface area contributed by atoms with E-state index in [0.717, 1.165) is 5.65 Å². The van der Waals surface area contributed by atoms with Crippen LogP contribution < -0.4 is 0 Å². The van der Waals surface area contributed by atoms with Crippen molar-refractivity contribution >= 4 is 48.7 Å². The zero-order valence-corrected chi connectivity index (χ0v) is 11.2. The number of rotatable bonds is 0. The highest BCUT2D eigenvalue weighted by Gasteiger charge is 2.15. The molecule has 5 aromatic rings. The van der Waals surface area contributed by atoms with E-state index in [1.807, 2.05) is 6.20 Å². The summed E-state index contributed by atoms with van der Waals surface area (Å²) in [6.45, 7) is 2.17. The molecule has 0 spiro atoms. The number of nitrogens with zero attached hydrogens (tertiary/aromatic N) is 2. The Morgan fingerprint density at radius 3 is 2.95 bits per heavy atom. The molecule has 5 rings (SSSR count). The molecular formula is C16H10N2S. The number of thiophene rings is 1. The maximum atomic E-state index is 4.62. The lowest BCUT2D eigenvalue weighted by atomic mass is 10.1. The maximum absolute atomic E-state index is 4.62. The van der Waals surface area contributed by atoms with Crippen LogP contribution in [0.15, 0.2) is 42.0 Å². The van der Waals surface area contributed by atoms with Crippen LogP contribution in [0.25, 0.3) is 37.4 Å². The lowest BCUT2D eigenvalue weighted by Gasteiger charge is -2.06. The van der Waals surface area contributed by atoms with Gasteiger partial charge in [-0.25, -0.2) is 4.98 Å². The van der Waals surface area contributed by atoms with Crippen molar-refractivity contribution in [2.45, 2.75) is 6.92 Å². The summed E-state index contributed by atoms with van der Waals surface area (Å²) in [5, 5.41) is 7.55. The van der Waals surface area contributed by atoms with Gasteiger partial charge in [-0.15, -0.1) is 11.3 Å². The summed E-state index contributed by atoms with van der Waals surface area (Å²) < 4.78 is 3.57. The van der Waals surface area contributed by atoms with Gasteiger partial charge in [0.15, 0.2) is 0 Å². The van der Waals surface area contributed by atoms with Gasteiger partial charge in [0.2, 0.25) is 0 Å². The summed E-state index contributed by atoms with van der Waals surface area (Å²) in [6.07, 6.45) is 4.11. The summed E-state index contributed by atoms with van der Waals surface area (Å²) in [5.74, 6) is 0. The van der Waals surface area contributed by atoms with Gasteiger partial charge in [-0.05, 0) is 18.6 Å². The average Bonchev–Trinajstić information content (AvgIpc) is 3.00. The monoisotopic (exact) mass is 262 g/mol. The largest absolute Gasteiger partial charge is 0.300 e. The third-order valence-corrected chi connectivity index (χ3v) is 4.96. The average molecular weight is 262 g/mol. The highest BCUT2D eigenvalue weighted by atomic mass is 32.1. The zero-order valence-electron chi connectivity index (χ0n) is 10.3. The molecule has 19 heavy (non-hydrogen) atoms. The van der Waals surface area contributed by atoms with E-state index in [9.17, 15) is 0 Å². The summed E-state index contributed by atoms with van der Waals surface area (Å²) in [6, 6.07) is 8.67. The predicted octanol–water partition coefficient (Wildman–Crippen LogP) is 4.60. The van der Waals surface area contributed by atoms with Gasteiger partial charge in [0.1, 0.15) is 5.65 Å². The Morgan fingerprint density at radius 1 is 1.11 bits per heavy atom. The van der Waals surface area contributed by atoms with E-state index < -0.39 is 0 Å². The second-order valence-corrected chi connectivity index (χ2v) is 5.95. The summed E-state index contributed by atoms with van der Waals surface area (Å²) >= 11 is 1.80. The van der Waals surface area contributed by atoms with Crippen LogP contribution in [-0.2, 0) is 0 Å². The van der Waals surface area contributed by atoms with E-state index in [4.69, 9.17) is 0 Å². The Morgan fingerprint density at radius 2 is 2.00 bits per heavy atom. The third-order valence-electron chi connectivity index (χ3n) is 4.01. The first kappa shape index (κ1) is 9.75. The Hall–Kier alpha value is -2.13. The van der Waals surface area contributed by atoms with Crippen LogP contribution in [0, 0.1) is 6.92 Å². The molecule has 0 atom stereocenters. The smallest absolute Gasteiger partial charge is 0.146 e.